The van der Waals surface area contributed by atoms with Crippen LogP contribution in [0.5, 0.6) is 0 Å². The number of hydrogen-bond acceptors (Lipinski definition) is 6. The van der Waals surface area contributed by atoms with Gasteiger partial charge in [0.05, 0.1) is 0 Å². The molecule has 336 valence electrons. The fraction of sp³-hybridized carbons (Fsp3) is 0.788. The van der Waals surface area contributed by atoms with E-state index in [1.165, 1.54) is 109 Å². The molecule has 0 radical (unpaired) electrons. The Bertz CT molecular complexity index is 1030. The highest BCUT2D eigenvalue weighted by atomic mass is 16.6. The van der Waals surface area contributed by atoms with Crippen molar-refractivity contribution in [2.75, 3.05) is 13.2 Å². The lowest BCUT2D eigenvalue weighted by Gasteiger charge is -2.18. The van der Waals surface area contributed by atoms with E-state index >= 15 is 0 Å². The summed E-state index contributed by atoms with van der Waals surface area (Å²) in [5.41, 5.74) is 0. The van der Waals surface area contributed by atoms with Crippen molar-refractivity contribution in [1.29, 1.82) is 0 Å². The first kappa shape index (κ1) is 55.4. The van der Waals surface area contributed by atoms with Gasteiger partial charge in [-0.1, -0.05) is 179 Å². The third kappa shape index (κ3) is 44.5. The zero-order valence-electron chi connectivity index (χ0n) is 38.3. The summed E-state index contributed by atoms with van der Waals surface area (Å²) < 4.78 is 16.7. The monoisotopic (exact) mass is 813 g/mol. The van der Waals surface area contributed by atoms with Crippen LogP contribution in [0.15, 0.2) is 48.6 Å². The maximum Gasteiger partial charge on any atom is 0.306 e. The first-order valence-corrected chi connectivity index (χ1v) is 24.6. The van der Waals surface area contributed by atoms with E-state index in [0.29, 0.717) is 19.3 Å². The molecule has 0 saturated carbocycles. The zero-order chi connectivity index (χ0) is 42.3. The van der Waals surface area contributed by atoms with Gasteiger partial charge in [0.15, 0.2) is 6.10 Å². The van der Waals surface area contributed by atoms with E-state index in [1.54, 1.807) is 0 Å². The smallest absolute Gasteiger partial charge is 0.306 e. The molecule has 0 heterocycles. The maximum atomic E-state index is 12.7. The number of esters is 3. The predicted molar refractivity (Wildman–Crippen MR) is 247 cm³/mol. The summed E-state index contributed by atoms with van der Waals surface area (Å²) in [6, 6.07) is 0. The second-order valence-corrected chi connectivity index (χ2v) is 16.4. The minimum atomic E-state index is -0.781. The van der Waals surface area contributed by atoms with Crippen molar-refractivity contribution in [2.45, 2.75) is 252 Å². The fourth-order valence-electron chi connectivity index (χ4n) is 6.76. The Kier molecular flexibility index (Phi) is 44.9. The van der Waals surface area contributed by atoms with Crippen LogP contribution < -0.4 is 0 Å². The average molecular weight is 813 g/mol. The third-order valence-electron chi connectivity index (χ3n) is 10.5. The van der Waals surface area contributed by atoms with Crippen molar-refractivity contribution in [3.63, 3.8) is 0 Å². The van der Waals surface area contributed by atoms with E-state index in [0.717, 1.165) is 96.3 Å². The van der Waals surface area contributed by atoms with Crippen molar-refractivity contribution in [1.82, 2.24) is 0 Å². The molecular weight excluding hydrogens is 721 g/mol. The lowest BCUT2D eigenvalue weighted by Crippen LogP contribution is -2.30. The summed E-state index contributed by atoms with van der Waals surface area (Å²) in [6.07, 6.45) is 55.2. The normalized spacial score (nSPS) is 12.4. The van der Waals surface area contributed by atoms with Gasteiger partial charge in [0.25, 0.3) is 0 Å². The molecule has 6 heteroatoms. The minimum absolute atomic E-state index is 0.0830. The topological polar surface area (TPSA) is 78.9 Å². The molecule has 0 aromatic rings. The lowest BCUT2D eigenvalue weighted by molar-refractivity contribution is -0.167. The molecule has 0 aliphatic heterocycles. The van der Waals surface area contributed by atoms with E-state index < -0.39 is 6.10 Å². The van der Waals surface area contributed by atoms with Crippen LogP contribution in [0.3, 0.4) is 0 Å². The van der Waals surface area contributed by atoms with Crippen molar-refractivity contribution >= 4 is 17.9 Å². The van der Waals surface area contributed by atoms with Crippen molar-refractivity contribution in [3.05, 3.63) is 48.6 Å². The third-order valence-corrected chi connectivity index (χ3v) is 10.5. The number of allylic oxidation sites excluding steroid dienone is 8. The Morgan fingerprint density at radius 2 is 0.655 bits per heavy atom. The van der Waals surface area contributed by atoms with Gasteiger partial charge in [-0.05, 0) is 96.3 Å². The zero-order valence-corrected chi connectivity index (χ0v) is 38.3. The van der Waals surface area contributed by atoms with Crippen LogP contribution in [-0.4, -0.2) is 37.2 Å². The molecule has 0 aromatic carbocycles. The summed E-state index contributed by atoms with van der Waals surface area (Å²) in [5.74, 6) is -0.908. The van der Waals surface area contributed by atoms with E-state index in [-0.39, 0.29) is 31.1 Å². The van der Waals surface area contributed by atoms with Crippen molar-refractivity contribution in [2.24, 2.45) is 0 Å². The summed E-state index contributed by atoms with van der Waals surface area (Å²) in [7, 11) is 0. The van der Waals surface area contributed by atoms with Crippen LogP contribution in [0.4, 0.5) is 0 Å². The minimum Gasteiger partial charge on any atom is -0.462 e. The van der Waals surface area contributed by atoms with Crippen molar-refractivity contribution < 1.29 is 28.6 Å². The average Bonchev–Trinajstić information content (AvgIpc) is 3.22. The molecule has 0 N–H and O–H groups in total. The van der Waals surface area contributed by atoms with E-state index in [1.807, 2.05) is 0 Å². The summed E-state index contributed by atoms with van der Waals surface area (Å²) in [6.45, 7) is 6.51. The van der Waals surface area contributed by atoms with Gasteiger partial charge < -0.3 is 14.2 Å². The fourth-order valence-corrected chi connectivity index (χ4v) is 6.76. The van der Waals surface area contributed by atoms with Gasteiger partial charge >= 0.3 is 17.9 Å². The van der Waals surface area contributed by atoms with Crippen LogP contribution >= 0.6 is 0 Å². The lowest BCUT2D eigenvalue weighted by atomic mass is 10.1. The number of rotatable bonds is 44. The van der Waals surface area contributed by atoms with Gasteiger partial charge in [-0.25, -0.2) is 0 Å². The summed E-state index contributed by atoms with van der Waals surface area (Å²) >= 11 is 0. The Morgan fingerprint density at radius 3 is 1.07 bits per heavy atom. The van der Waals surface area contributed by atoms with E-state index in [2.05, 4.69) is 69.4 Å². The van der Waals surface area contributed by atoms with Crippen molar-refractivity contribution in [3.8, 4) is 0 Å². The van der Waals surface area contributed by atoms with Gasteiger partial charge in [0, 0.05) is 19.3 Å². The Labute approximate surface area is 358 Å². The Balaban J connectivity index is 4.36. The van der Waals surface area contributed by atoms with E-state index in [9.17, 15) is 14.4 Å². The number of ether oxygens (including phenoxy) is 3. The molecule has 0 aliphatic carbocycles. The molecular formula is C52H92O6. The molecule has 0 saturated heterocycles. The molecule has 0 amide bonds. The molecule has 0 aromatic heterocycles. The van der Waals surface area contributed by atoms with Crippen LogP contribution in [0, 0.1) is 0 Å². The molecule has 0 spiro atoms. The molecule has 0 aliphatic rings. The van der Waals surface area contributed by atoms with Crippen LogP contribution in [0.25, 0.3) is 0 Å². The first-order valence-electron chi connectivity index (χ1n) is 24.6. The molecule has 58 heavy (non-hydrogen) atoms. The van der Waals surface area contributed by atoms with E-state index in [4.69, 9.17) is 14.2 Å². The molecule has 1 atom stereocenters. The Hall–Kier alpha value is -2.63. The predicted octanol–water partition coefficient (Wildman–Crippen LogP) is 15.9. The number of hydrogen-bond donors (Lipinski definition) is 0. The van der Waals surface area contributed by atoms with Gasteiger partial charge in [-0.15, -0.1) is 0 Å². The van der Waals surface area contributed by atoms with Crippen LogP contribution in [0.2, 0.25) is 0 Å². The highest BCUT2D eigenvalue weighted by Crippen LogP contribution is 2.14. The SMILES string of the molecule is CCC/C=C\CCCCCCCC(=O)OCC(COC(=O)CCCCCCCCC/C=C\C/C=C\CCCCC)OC(=O)CCCCCCC/C=C\CCCCCC. The largest absolute Gasteiger partial charge is 0.462 e. The second-order valence-electron chi connectivity index (χ2n) is 16.4. The molecule has 0 fully saturated rings. The second kappa shape index (κ2) is 47.1. The van der Waals surface area contributed by atoms with Gasteiger partial charge in [0.1, 0.15) is 13.2 Å². The molecule has 0 rings (SSSR count). The van der Waals surface area contributed by atoms with Gasteiger partial charge in [-0.2, -0.15) is 0 Å². The molecule has 6 nitrogen and oxygen atoms in total. The quantitative estimate of drug-likeness (QED) is 0.0264. The number of unbranched alkanes of at least 4 members (excludes halogenated alkanes) is 25. The van der Waals surface area contributed by atoms with Gasteiger partial charge in [-0.3, -0.25) is 14.4 Å². The molecule has 0 bridgehead atoms. The summed E-state index contributed by atoms with van der Waals surface area (Å²) in [4.78, 5) is 37.8. The molecule has 1 unspecified atom stereocenters. The highest BCUT2D eigenvalue weighted by molar-refractivity contribution is 5.71. The highest BCUT2D eigenvalue weighted by Gasteiger charge is 2.19. The van der Waals surface area contributed by atoms with Crippen LogP contribution in [-0.2, 0) is 28.6 Å². The number of carbonyl (C=O) groups excluding carboxylic acids is 3. The maximum absolute atomic E-state index is 12.7. The standard InChI is InChI=1S/C52H92O6/c1-4-7-10-13-16-19-22-24-25-26-27-29-30-33-36-39-42-45-51(54)57-48-49(47-56-50(53)44-41-38-35-32-21-18-15-12-9-6-3)58-52(55)46-43-40-37-34-31-28-23-20-17-14-11-8-5-2/h12,15-16,19-20,23-25,49H,4-11,13-14,17-18,21-22,26-48H2,1-3H3/b15-12-,19-16-,23-20-,25-24-. The van der Waals surface area contributed by atoms with Gasteiger partial charge in [0.2, 0.25) is 0 Å². The Morgan fingerprint density at radius 1 is 0.345 bits per heavy atom. The first-order chi connectivity index (χ1) is 28.5. The van der Waals surface area contributed by atoms with Crippen LogP contribution in [0.1, 0.15) is 245 Å². The summed E-state index contributed by atoms with van der Waals surface area (Å²) in [5, 5.41) is 0. The number of carbonyl (C=O) groups is 3.